The minimum absolute atomic E-state index is 0.00636. The molecule has 3 aromatic rings. The molecule has 376 valence electrons. The number of hydrogen-bond acceptors (Lipinski definition) is 16. The summed E-state index contributed by atoms with van der Waals surface area (Å²) in [6.45, 7) is 14.0. The van der Waals surface area contributed by atoms with Crippen LogP contribution in [0.4, 0.5) is 22.7 Å². The van der Waals surface area contributed by atoms with E-state index in [0.29, 0.717) is 88.2 Å². The van der Waals surface area contributed by atoms with Gasteiger partial charge in [0.2, 0.25) is 0 Å². The van der Waals surface area contributed by atoms with Gasteiger partial charge < -0.3 is 55.2 Å². The van der Waals surface area contributed by atoms with Crippen LogP contribution in [0.5, 0.6) is 0 Å². The van der Waals surface area contributed by atoms with Crippen molar-refractivity contribution in [2.75, 3.05) is 118 Å². The molecular weight excluding hydrogens is 929 g/mol. The summed E-state index contributed by atoms with van der Waals surface area (Å²) in [4.78, 5) is 45.1. The lowest BCUT2D eigenvalue weighted by Crippen LogP contribution is -2.54. The molecule has 2 fully saturated rings. The van der Waals surface area contributed by atoms with Crippen LogP contribution in [-0.2, 0) is 20.3 Å². The van der Waals surface area contributed by atoms with Crippen molar-refractivity contribution >= 4 is 68.6 Å². The van der Waals surface area contributed by atoms with E-state index in [-0.39, 0.29) is 44.3 Å². The second-order valence-corrected chi connectivity index (χ2v) is 21.7. The monoisotopic (exact) mass is 996 g/mol. The van der Waals surface area contributed by atoms with E-state index in [4.69, 9.17) is 19.5 Å². The lowest BCUT2D eigenvalue weighted by Gasteiger charge is -2.39. The van der Waals surface area contributed by atoms with Gasteiger partial charge in [-0.1, -0.05) is 61.4 Å². The first-order valence-electron chi connectivity index (χ1n) is 24.3. The first-order chi connectivity index (χ1) is 33.8. The Balaban J connectivity index is 0.790. The van der Waals surface area contributed by atoms with E-state index in [9.17, 15) is 30.0 Å². The molecule has 3 unspecified atom stereocenters. The molecule has 70 heavy (non-hydrogen) atoms. The second kappa shape index (κ2) is 22.3. The number of aliphatic hydroxyl groups is 4. The molecule has 6 N–H and O–H groups in total. The third-order valence-electron chi connectivity index (χ3n) is 14.4. The molecule has 0 bridgehead atoms. The first-order valence-corrected chi connectivity index (χ1v) is 26.8. The Morgan fingerprint density at radius 2 is 1.21 bits per heavy atom. The maximum atomic E-state index is 13.4. The summed E-state index contributed by atoms with van der Waals surface area (Å²) in [6.07, 6.45) is 10.7. The van der Waals surface area contributed by atoms with Crippen molar-refractivity contribution < 1.29 is 39.5 Å². The van der Waals surface area contributed by atoms with Crippen molar-refractivity contribution in [3.8, 4) is 0 Å². The summed E-state index contributed by atoms with van der Waals surface area (Å²) in [5.74, 6) is 1.14. The van der Waals surface area contributed by atoms with Crippen molar-refractivity contribution in [1.82, 2.24) is 15.5 Å². The van der Waals surface area contributed by atoms with Crippen molar-refractivity contribution in [2.45, 2.75) is 62.4 Å². The van der Waals surface area contributed by atoms with Gasteiger partial charge in [0.1, 0.15) is 0 Å². The van der Waals surface area contributed by atoms with Gasteiger partial charge in [-0.05, 0) is 84.3 Å². The van der Waals surface area contributed by atoms with Crippen LogP contribution in [0.2, 0.25) is 0 Å². The third kappa shape index (κ3) is 10.0. The lowest BCUT2D eigenvalue weighted by molar-refractivity contribution is 0.0205. The van der Waals surface area contributed by atoms with E-state index in [0.717, 1.165) is 46.0 Å². The number of fused-ring (bicyclic) bond motifs is 6. The molecule has 2 amide bonds. The fraction of sp³-hybridized carbons (Fsp3) is 0.500. The number of carbonyl (C=O) groups excluding carboxylic acids is 2. The van der Waals surface area contributed by atoms with Gasteiger partial charge >= 0.3 is 0 Å². The Hall–Kier alpha value is -4.76. The quantitative estimate of drug-likeness (QED) is 0.0437. The Kier molecular flexibility index (Phi) is 16.5. The average molecular weight is 997 g/mol. The van der Waals surface area contributed by atoms with Gasteiger partial charge in [-0.25, -0.2) is 0 Å². The molecular formula is C52H68N8O8S2. The second-order valence-electron chi connectivity index (χ2n) is 19.0. The third-order valence-corrected chi connectivity index (χ3v) is 16.8. The van der Waals surface area contributed by atoms with Gasteiger partial charge in [0.25, 0.3) is 11.8 Å². The zero-order valence-corrected chi connectivity index (χ0v) is 42.3. The predicted octanol–water partition coefficient (Wildman–Crippen LogP) is 4.64. The summed E-state index contributed by atoms with van der Waals surface area (Å²) in [5, 5.41) is 44.0. The van der Waals surface area contributed by atoms with Gasteiger partial charge in [0.15, 0.2) is 11.4 Å². The number of allylic oxidation sites excluding steroid dienone is 1. The summed E-state index contributed by atoms with van der Waals surface area (Å²) in [6, 6.07) is 19.5. The number of amides is 2. The van der Waals surface area contributed by atoms with E-state index in [1.54, 1.807) is 21.6 Å². The lowest BCUT2D eigenvalue weighted by atomic mass is 9.77. The van der Waals surface area contributed by atoms with Gasteiger partial charge in [-0.2, -0.15) is 0 Å². The number of rotatable bonds is 23. The minimum atomic E-state index is -0.827. The zero-order chi connectivity index (χ0) is 49.5. The first kappa shape index (κ1) is 51.6. The molecule has 3 aromatic carbocycles. The normalized spacial score (nSPS) is 22.7. The van der Waals surface area contributed by atoms with Crippen molar-refractivity contribution in [3.63, 3.8) is 0 Å². The maximum absolute atomic E-state index is 13.4. The van der Waals surface area contributed by atoms with E-state index in [1.807, 2.05) is 84.1 Å². The largest absolute Gasteiger partial charge is 0.395 e. The van der Waals surface area contributed by atoms with Crippen molar-refractivity contribution in [3.05, 3.63) is 107 Å². The molecule has 3 atom stereocenters. The van der Waals surface area contributed by atoms with Crippen LogP contribution < -0.4 is 25.3 Å². The molecule has 8 rings (SSSR count). The highest BCUT2D eigenvalue weighted by Gasteiger charge is 2.61. The molecule has 18 heteroatoms. The average Bonchev–Trinajstić information content (AvgIpc) is 4.09. The van der Waals surface area contributed by atoms with E-state index in [2.05, 4.69) is 65.2 Å². The number of ether oxygens (including phenoxy) is 2. The van der Waals surface area contributed by atoms with Gasteiger partial charge in [-0.15, -0.1) is 0 Å². The molecule has 0 aromatic heterocycles. The number of benzene rings is 3. The van der Waals surface area contributed by atoms with Crippen LogP contribution in [0.3, 0.4) is 0 Å². The topological polar surface area (TPSA) is 195 Å². The number of nitrogens with one attached hydrogen (secondary N) is 2. The summed E-state index contributed by atoms with van der Waals surface area (Å²) < 4.78 is 13.0. The Morgan fingerprint density at radius 3 is 1.69 bits per heavy atom. The predicted molar refractivity (Wildman–Crippen MR) is 281 cm³/mol. The van der Waals surface area contributed by atoms with Crippen LogP contribution in [0.25, 0.3) is 0 Å². The summed E-state index contributed by atoms with van der Waals surface area (Å²) in [7, 11) is 3.31. The number of aliphatic imine (C=N–C) groups is 2. The number of hydrogen-bond donors (Lipinski definition) is 6. The molecule has 5 aliphatic rings. The molecule has 1 aliphatic carbocycles. The SMILES string of the molecule is CC1(C)c2cc(C(=O)NCCSSCCNC(=O)c3ccc4c(c3)C(C)(C)C3(/C=N/c5ccc(N(CCO)CCO)cc5)OCCN43)ccc2N2CCOC21/C=N/C1=CCC(N(CCO)CCO)C=C1. The highest BCUT2D eigenvalue weighted by Crippen LogP contribution is 2.55. The Morgan fingerprint density at radius 1 is 0.714 bits per heavy atom. The van der Waals surface area contributed by atoms with Gasteiger partial charge in [-0.3, -0.25) is 24.5 Å². The van der Waals surface area contributed by atoms with E-state index >= 15 is 0 Å². The maximum Gasteiger partial charge on any atom is 0.251 e. The number of anilines is 3. The fourth-order valence-corrected chi connectivity index (χ4v) is 12.4. The van der Waals surface area contributed by atoms with Gasteiger partial charge in [0.05, 0.1) is 63.5 Å². The molecule has 0 spiro atoms. The Bertz CT molecular complexity index is 2460. The molecule has 0 saturated carbocycles. The van der Waals surface area contributed by atoms with Crippen LogP contribution in [0, 0.1) is 0 Å². The van der Waals surface area contributed by atoms with Crippen LogP contribution in [0.1, 0.15) is 66.0 Å². The molecule has 16 nitrogen and oxygen atoms in total. The van der Waals surface area contributed by atoms with Crippen LogP contribution in [0.15, 0.2) is 94.6 Å². The summed E-state index contributed by atoms with van der Waals surface area (Å²) in [5.41, 5.74) is 5.12. The van der Waals surface area contributed by atoms with Crippen molar-refractivity contribution in [1.29, 1.82) is 0 Å². The number of nitrogens with zero attached hydrogens (tertiary/aromatic N) is 6. The Labute approximate surface area is 419 Å². The number of carbonyl (C=O) groups is 2. The molecule has 4 aliphatic heterocycles. The van der Waals surface area contributed by atoms with Crippen molar-refractivity contribution in [2.24, 2.45) is 9.98 Å². The number of aliphatic hydroxyl groups excluding tert-OH is 4. The smallest absolute Gasteiger partial charge is 0.251 e. The fourth-order valence-electron chi connectivity index (χ4n) is 10.5. The summed E-state index contributed by atoms with van der Waals surface area (Å²) >= 11 is 0. The van der Waals surface area contributed by atoms with E-state index < -0.39 is 22.3 Å². The highest BCUT2D eigenvalue weighted by atomic mass is 33.1. The molecule has 2 saturated heterocycles. The zero-order valence-electron chi connectivity index (χ0n) is 40.7. The van der Waals surface area contributed by atoms with Crippen LogP contribution in [-0.4, -0.2) is 171 Å². The van der Waals surface area contributed by atoms with E-state index in [1.165, 1.54) is 0 Å². The standard InChI is InChI=1S/C52H68N8O8S2/c1-49(2)43-33-37(5-15-45(43)59-23-29-67-51(49,59)35-55-39-7-11-41(12-8-39)57(19-25-61)20-26-62)47(65)53-17-31-69-70-32-18-54-48(66)38-6-16-46-44(34-38)50(3,4)52(60(46)24-30-68-52)36-56-40-9-13-42(14-10-40)58(21-27-63)22-28-64/h5-13,15-16,33-36,42,61-64H,14,17-32H2,1-4H3,(H,53,65)(H,54,66)/b55-35+,56-36+. The van der Waals surface area contributed by atoms with Gasteiger partial charge in [0, 0.05) is 109 Å². The minimum Gasteiger partial charge on any atom is -0.395 e. The molecule has 0 radical (unpaired) electrons. The molecule has 4 heterocycles. The highest BCUT2D eigenvalue weighted by molar-refractivity contribution is 8.76. The van der Waals surface area contributed by atoms with Crippen LogP contribution >= 0.6 is 21.6 Å².